The molecule has 0 saturated heterocycles. The largest absolute Gasteiger partial charge is 0.416 e. The second-order valence-corrected chi connectivity index (χ2v) is 10.9. The van der Waals surface area contributed by atoms with E-state index in [2.05, 4.69) is 5.32 Å². The summed E-state index contributed by atoms with van der Waals surface area (Å²) in [6.45, 7) is 2.90. The number of nitrogens with zero attached hydrogens (tertiary/aromatic N) is 1. The first kappa shape index (κ1) is 25.8. The summed E-state index contributed by atoms with van der Waals surface area (Å²) in [7, 11) is -4.33. The SMILES string of the molecule is Cc1ccc(S(=O)(=O)N(CC(=O)N[C@H](C)c2ccc3c(c2)CCC3)c2cccc(C(F)(F)F)c2)cc1. The molecule has 0 spiro atoms. The Morgan fingerprint density at radius 1 is 1.00 bits per heavy atom. The maximum Gasteiger partial charge on any atom is 0.416 e. The van der Waals surface area contributed by atoms with Crippen molar-refractivity contribution in [2.75, 3.05) is 10.8 Å². The number of aryl methyl sites for hydroxylation is 3. The summed E-state index contributed by atoms with van der Waals surface area (Å²) in [6.07, 6.45) is -1.58. The zero-order chi connectivity index (χ0) is 26.1. The highest BCUT2D eigenvalue weighted by Crippen LogP contribution is 2.33. The van der Waals surface area contributed by atoms with Crippen molar-refractivity contribution in [3.05, 3.63) is 94.5 Å². The number of amides is 1. The molecule has 1 amide bonds. The van der Waals surface area contributed by atoms with Crippen LogP contribution >= 0.6 is 0 Å². The van der Waals surface area contributed by atoms with Gasteiger partial charge in [0.15, 0.2) is 0 Å². The van der Waals surface area contributed by atoms with Crippen LogP contribution in [-0.4, -0.2) is 20.9 Å². The molecule has 0 unspecified atom stereocenters. The smallest absolute Gasteiger partial charge is 0.348 e. The standard InChI is InChI=1S/C27H27F3N2O3S/c1-18-9-13-25(14-10-18)36(34,35)32(24-8-4-7-23(16-24)27(28,29)30)17-26(33)31-19(2)21-12-11-20-5-3-6-22(20)15-21/h4,7-16,19H,3,5-6,17H2,1-2H3,(H,31,33)/t19-/m1/s1. The fourth-order valence-corrected chi connectivity index (χ4v) is 5.76. The minimum Gasteiger partial charge on any atom is -0.348 e. The third-order valence-corrected chi connectivity index (χ3v) is 8.15. The fraction of sp³-hybridized carbons (Fsp3) is 0.296. The molecule has 9 heteroatoms. The molecule has 3 aromatic carbocycles. The lowest BCUT2D eigenvalue weighted by Crippen LogP contribution is -2.41. The number of fused-ring (bicyclic) bond motifs is 1. The molecule has 190 valence electrons. The van der Waals surface area contributed by atoms with Crippen LogP contribution in [0.5, 0.6) is 0 Å². The lowest BCUT2D eigenvalue weighted by Gasteiger charge is -2.26. The number of hydrogen-bond acceptors (Lipinski definition) is 3. The molecule has 1 aliphatic carbocycles. The monoisotopic (exact) mass is 516 g/mol. The van der Waals surface area contributed by atoms with Crippen molar-refractivity contribution >= 4 is 21.6 Å². The van der Waals surface area contributed by atoms with Crippen LogP contribution in [0.25, 0.3) is 0 Å². The Balaban J connectivity index is 1.63. The first-order valence-corrected chi connectivity index (χ1v) is 13.1. The highest BCUT2D eigenvalue weighted by Gasteiger charge is 2.33. The molecular formula is C27H27F3N2O3S. The van der Waals surface area contributed by atoms with E-state index in [1.807, 2.05) is 18.2 Å². The quantitative estimate of drug-likeness (QED) is 0.446. The van der Waals surface area contributed by atoms with Crippen molar-refractivity contribution in [2.24, 2.45) is 0 Å². The van der Waals surface area contributed by atoms with E-state index in [0.717, 1.165) is 52.9 Å². The summed E-state index contributed by atoms with van der Waals surface area (Å²) in [5.74, 6) is -0.629. The molecule has 5 nitrogen and oxygen atoms in total. The maximum atomic E-state index is 13.5. The van der Waals surface area contributed by atoms with Crippen molar-refractivity contribution in [2.45, 2.75) is 50.2 Å². The van der Waals surface area contributed by atoms with Crippen LogP contribution in [0.1, 0.15) is 47.2 Å². The zero-order valence-corrected chi connectivity index (χ0v) is 20.8. The van der Waals surface area contributed by atoms with Gasteiger partial charge in [0.1, 0.15) is 6.54 Å². The van der Waals surface area contributed by atoms with Crippen molar-refractivity contribution < 1.29 is 26.4 Å². The van der Waals surface area contributed by atoms with E-state index in [1.165, 1.54) is 29.3 Å². The summed E-state index contributed by atoms with van der Waals surface area (Å²) in [4.78, 5) is 12.9. The number of nitrogens with one attached hydrogen (secondary N) is 1. The number of hydrogen-bond donors (Lipinski definition) is 1. The van der Waals surface area contributed by atoms with Gasteiger partial charge in [-0.15, -0.1) is 0 Å². The summed E-state index contributed by atoms with van der Waals surface area (Å²) >= 11 is 0. The normalized spacial score (nSPS) is 14.2. The van der Waals surface area contributed by atoms with Crippen LogP contribution in [-0.2, 0) is 33.8 Å². The first-order valence-electron chi connectivity index (χ1n) is 11.6. The molecule has 1 aliphatic rings. The van der Waals surface area contributed by atoms with Crippen LogP contribution in [0.2, 0.25) is 0 Å². The second-order valence-electron chi connectivity index (χ2n) is 9.04. The molecule has 1 N–H and O–H groups in total. The van der Waals surface area contributed by atoms with Crippen LogP contribution in [0, 0.1) is 6.92 Å². The highest BCUT2D eigenvalue weighted by atomic mass is 32.2. The topological polar surface area (TPSA) is 66.5 Å². The highest BCUT2D eigenvalue weighted by molar-refractivity contribution is 7.92. The van der Waals surface area contributed by atoms with E-state index in [9.17, 15) is 26.4 Å². The van der Waals surface area contributed by atoms with E-state index in [0.29, 0.717) is 0 Å². The van der Waals surface area contributed by atoms with Crippen molar-refractivity contribution in [3.63, 3.8) is 0 Å². The Hall–Kier alpha value is -3.33. The zero-order valence-electron chi connectivity index (χ0n) is 20.0. The molecule has 4 rings (SSSR count). The third kappa shape index (κ3) is 5.56. The predicted octanol–water partition coefficient (Wildman–Crippen LogP) is 5.58. The maximum absolute atomic E-state index is 13.5. The molecule has 0 saturated carbocycles. The first-order chi connectivity index (χ1) is 16.9. The number of rotatable bonds is 7. The molecule has 0 heterocycles. The number of sulfonamides is 1. The molecular weight excluding hydrogens is 489 g/mol. The molecule has 3 aromatic rings. The third-order valence-electron chi connectivity index (χ3n) is 6.36. The van der Waals surface area contributed by atoms with Gasteiger partial charge in [-0.1, -0.05) is 42.0 Å². The average Bonchev–Trinajstić information content (AvgIpc) is 3.30. The van der Waals surface area contributed by atoms with E-state index in [4.69, 9.17) is 0 Å². The summed E-state index contributed by atoms with van der Waals surface area (Å²) < 4.78 is 67.8. The van der Waals surface area contributed by atoms with Crippen LogP contribution < -0.4 is 9.62 Å². The van der Waals surface area contributed by atoms with Crippen molar-refractivity contribution in [1.29, 1.82) is 0 Å². The van der Waals surface area contributed by atoms with E-state index in [1.54, 1.807) is 26.0 Å². The number of carbonyl (C=O) groups is 1. The Bertz CT molecular complexity index is 1370. The Morgan fingerprint density at radius 3 is 2.39 bits per heavy atom. The molecule has 36 heavy (non-hydrogen) atoms. The molecule has 0 fully saturated rings. The van der Waals surface area contributed by atoms with E-state index >= 15 is 0 Å². The van der Waals surface area contributed by atoms with Crippen LogP contribution in [0.15, 0.2) is 71.6 Å². The van der Waals surface area contributed by atoms with Crippen molar-refractivity contribution in [1.82, 2.24) is 5.32 Å². The van der Waals surface area contributed by atoms with Gasteiger partial charge in [-0.25, -0.2) is 8.42 Å². The van der Waals surface area contributed by atoms with Gasteiger partial charge in [0, 0.05) is 0 Å². The van der Waals surface area contributed by atoms with Gasteiger partial charge < -0.3 is 5.32 Å². The number of halogens is 3. The van der Waals surface area contributed by atoms with Gasteiger partial charge in [-0.2, -0.15) is 13.2 Å². The Labute approximate surface area is 209 Å². The van der Waals surface area contributed by atoms with Crippen LogP contribution in [0.3, 0.4) is 0 Å². The lowest BCUT2D eigenvalue weighted by atomic mass is 10.0. The molecule has 0 bridgehead atoms. The number of benzene rings is 3. The summed E-state index contributed by atoms with van der Waals surface area (Å²) in [6, 6.07) is 15.5. The lowest BCUT2D eigenvalue weighted by molar-refractivity contribution is -0.137. The minimum absolute atomic E-state index is 0.120. The number of carbonyl (C=O) groups excluding carboxylic acids is 1. The van der Waals surface area contributed by atoms with Gasteiger partial charge in [0.25, 0.3) is 10.0 Å². The van der Waals surface area contributed by atoms with Crippen molar-refractivity contribution in [3.8, 4) is 0 Å². The minimum atomic E-state index is -4.67. The fourth-order valence-electron chi connectivity index (χ4n) is 4.35. The van der Waals surface area contributed by atoms with E-state index in [-0.39, 0.29) is 10.6 Å². The molecule has 0 aliphatic heterocycles. The van der Waals surface area contributed by atoms with Gasteiger partial charge >= 0.3 is 6.18 Å². The van der Waals surface area contributed by atoms with Gasteiger partial charge in [0.2, 0.25) is 5.91 Å². The van der Waals surface area contributed by atoms with Gasteiger partial charge in [0.05, 0.1) is 22.2 Å². The molecule has 1 atom stereocenters. The van der Waals surface area contributed by atoms with E-state index < -0.39 is 40.3 Å². The average molecular weight is 517 g/mol. The second kappa shape index (κ2) is 9.97. The van der Waals surface area contributed by atoms with Gasteiger partial charge in [-0.3, -0.25) is 9.10 Å². The predicted molar refractivity (Wildman–Crippen MR) is 132 cm³/mol. The number of anilines is 1. The summed E-state index contributed by atoms with van der Waals surface area (Å²) in [5.41, 5.74) is 2.98. The molecule has 0 radical (unpaired) electrons. The Kier molecular flexibility index (Phi) is 7.13. The Morgan fingerprint density at radius 2 is 1.69 bits per heavy atom. The summed E-state index contributed by atoms with van der Waals surface area (Å²) in [5, 5.41) is 2.80. The van der Waals surface area contributed by atoms with Gasteiger partial charge in [-0.05, 0) is 80.1 Å². The molecule has 0 aromatic heterocycles. The van der Waals surface area contributed by atoms with Crippen LogP contribution in [0.4, 0.5) is 18.9 Å². The number of alkyl halides is 3.